The average molecular weight is 308 g/mol. The van der Waals surface area contributed by atoms with Crippen molar-refractivity contribution in [3.8, 4) is 0 Å². The first kappa shape index (κ1) is 16.2. The first-order valence-electron chi connectivity index (χ1n) is 7.68. The molecule has 0 aromatic heterocycles. The van der Waals surface area contributed by atoms with Crippen molar-refractivity contribution in [2.24, 2.45) is 0 Å². The molecular formula is C17H24O3S. The van der Waals surface area contributed by atoms with Gasteiger partial charge in [-0.15, -0.1) is 6.58 Å². The van der Waals surface area contributed by atoms with E-state index in [2.05, 4.69) is 30.8 Å². The topological polar surface area (TPSA) is 43.4 Å². The Morgan fingerprint density at radius 3 is 2.67 bits per heavy atom. The fourth-order valence-corrected chi connectivity index (χ4v) is 3.79. The molecule has 0 heterocycles. The van der Waals surface area contributed by atoms with E-state index in [9.17, 15) is 8.42 Å². The average Bonchev–Trinajstić information content (AvgIpc) is 2.98. The third kappa shape index (κ3) is 4.97. The van der Waals surface area contributed by atoms with E-state index in [-0.39, 0.29) is 12.4 Å². The zero-order chi connectivity index (χ0) is 15.1. The largest absolute Gasteiger partial charge is 0.270 e. The predicted octanol–water partition coefficient (Wildman–Crippen LogP) is 3.81. The molecule has 0 N–H and O–H groups in total. The number of hydrogen-bond donors (Lipinski definition) is 0. The Labute approximate surface area is 128 Å². The van der Waals surface area contributed by atoms with Crippen molar-refractivity contribution >= 4 is 10.1 Å². The minimum Gasteiger partial charge on any atom is -0.270 e. The summed E-state index contributed by atoms with van der Waals surface area (Å²) in [6.45, 7) is 3.66. The lowest BCUT2D eigenvalue weighted by Crippen LogP contribution is -2.10. The molecule has 1 saturated carbocycles. The summed E-state index contributed by atoms with van der Waals surface area (Å²) >= 11 is 0. The monoisotopic (exact) mass is 308 g/mol. The molecule has 1 aromatic carbocycles. The van der Waals surface area contributed by atoms with Crippen LogP contribution in [0.2, 0.25) is 0 Å². The highest BCUT2D eigenvalue weighted by Gasteiger charge is 2.19. The molecule has 0 atom stereocenters. The summed E-state index contributed by atoms with van der Waals surface area (Å²) in [6.07, 6.45) is 8.15. The summed E-state index contributed by atoms with van der Waals surface area (Å²) in [7, 11) is -3.43. The van der Waals surface area contributed by atoms with Gasteiger partial charge in [0.05, 0.1) is 12.4 Å². The third-order valence-corrected chi connectivity index (χ3v) is 5.20. The minimum absolute atomic E-state index is 0.119. The van der Waals surface area contributed by atoms with Crippen LogP contribution in [-0.4, -0.2) is 20.8 Å². The fourth-order valence-electron chi connectivity index (χ4n) is 3.04. The van der Waals surface area contributed by atoms with Crippen molar-refractivity contribution in [1.29, 1.82) is 0 Å². The maximum Gasteiger partial charge on any atom is 0.270 e. The van der Waals surface area contributed by atoms with Gasteiger partial charge in [-0.3, -0.25) is 4.18 Å². The smallest absolute Gasteiger partial charge is 0.270 e. The maximum absolute atomic E-state index is 11.4. The number of aryl methyl sites for hydroxylation is 1. The molecule has 2 rings (SSSR count). The van der Waals surface area contributed by atoms with Crippen LogP contribution in [0, 0.1) is 0 Å². The van der Waals surface area contributed by atoms with Crippen LogP contribution in [0.4, 0.5) is 0 Å². The molecule has 1 aromatic rings. The van der Waals surface area contributed by atoms with E-state index >= 15 is 0 Å². The van der Waals surface area contributed by atoms with Gasteiger partial charge in [0.2, 0.25) is 0 Å². The van der Waals surface area contributed by atoms with Crippen molar-refractivity contribution < 1.29 is 12.6 Å². The predicted molar refractivity (Wildman–Crippen MR) is 85.9 cm³/mol. The molecule has 0 saturated heterocycles. The molecule has 21 heavy (non-hydrogen) atoms. The highest BCUT2D eigenvalue weighted by atomic mass is 32.2. The van der Waals surface area contributed by atoms with Crippen molar-refractivity contribution in [3.63, 3.8) is 0 Å². The van der Waals surface area contributed by atoms with E-state index < -0.39 is 10.1 Å². The summed E-state index contributed by atoms with van der Waals surface area (Å²) < 4.78 is 27.8. The molecule has 0 bridgehead atoms. The molecule has 0 unspecified atom stereocenters. The zero-order valence-corrected chi connectivity index (χ0v) is 13.3. The molecule has 0 radical (unpaired) electrons. The van der Waals surface area contributed by atoms with Gasteiger partial charge >= 0.3 is 0 Å². The third-order valence-electron chi connectivity index (χ3n) is 4.03. The van der Waals surface area contributed by atoms with E-state index in [1.165, 1.54) is 42.9 Å². The minimum atomic E-state index is -3.43. The Morgan fingerprint density at radius 2 is 1.95 bits per heavy atom. The highest BCUT2D eigenvalue weighted by molar-refractivity contribution is 7.86. The zero-order valence-electron chi connectivity index (χ0n) is 12.5. The highest BCUT2D eigenvalue weighted by Crippen LogP contribution is 2.36. The van der Waals surface area contributed by atoms with Gasteiger partial charge in [0, 0.05) is 0 Å². The summed E-state index contributed by atoms with van der Waals surface area (Å²) in [5.41, 5.74) is 2.79. The van der Waals surface area contributed by atoms with Crippen molar-refractivity contribution in [1.82, 2.24) is 0 Å². The lowest BCUT2D eigenvalue weighted by atomic mass is 9.91. The van der Waals surface area contributed by atoms with Crippen molar-refractivity contribution in [2.75, 3.05) is 12.4 Å². The first-order valence-corrected chi connectivity index (χ1v) is 9.26. The van der Waals surface area contributed by atoms with Crippen molar-refractivity contribution in [3.05, 3.63) is 48.0 Å². The summed E-state index contributed by atoms with van der Waals surface area (Å²) in [4.78, 5) is 0. The summed E-state index contributed by atoms with van der Waals surface area (Å²) in [6, 6.07) is 8.54. The van der Waals surface area contributed by atoms with Gasteiger partial charge in [0.15, 0.2) is 0 Å². The van der Waals surface area contributed by atoms with Crippen LogP contribution < -0.4 is 0 Å². The second-order valence-electron chi connectivity index (χ2n) is 5.62. The molecule has 3 nitrogen and oxygen atoms in total. The van der Waals surface area contributed by atoms with Crippen LogP contribution in [0.15, 0.2) is 36.9 Å². The van der Waals surface area contributed by atoms with Crippen molar-refractivity contribution in [2.45, 2.75) is 44.4 Å². The van der Waals surface area contributed by atoms with Gasteiger partial charge in [-0.1, -0.05) is 43.2 Å². The molecule has 4 heteroatoms. The quantitative estimate of drug-likeness (QED) is 0.417. The van der Waals surface area contributed by atoms with Gasteiger partial charge in [-0.2, -0.15) is 8.42 Å². The lowest BCUT2D eigenvalue weighted by Gasteiger charge is -2.15. The first-order chi connectivity index (χ1) is 10.1. The van der Waals surface area contributed by atoms with Crippen LogP contribution in [0.5, 0.6) is 0 Å². The van der Waals surface area contributed by atoms with E-state index in [0.29, 0.717) is 5.92 Å². The number of benzene rings is 1. The Bertz CT molecular complexity index is 557. The summed E-state index contributed by atoms with van der Waals surface area (Å²) in [5.74, 6) is 0.567. The Hall–Kier alpha value is -1.13. The second kappa shape index (κ2) is 7.76. The van der Waals surface area contributed by atoms with Gasteiger partial charge in [0.25, 0.3) is 10.1 Å². The number of hydrogen-bond acceptors (Lipinski definition) is 3. The van der Waals surface area contributed by atoms with Crippen LogP contribution in [0.3, 0.4) is 0 Å². The van der Waals surface area contributed by atoms with E-state index in [1.807, 2.05) is 0 Å². The molecule has 0 aliphatic heterocycles. The van der Waals surface area contributed by atoms with Gasteiger partial charge in [-0.05, 0) is 42.7 Å². The van der Waals surface area contributed by atoms with Gasteiger partial charge < -0.3 is 0 Å². The van der Waals surface area contributed by atoms with Crippen LogP contribution >= 0.6 is 0 Å². The van der Waals surface area contributed by atoms with Crippen LogP contribution in [-0.2, 0) is 20.7 Å². The molecular weight excluding hydrogens is 284 g/mol. The van der Waals surface area contributed by atoms with E-state index in [1.54, 1.807) is 0 Å². The van der Waals surface area contributed by atoms with Gasteiger partial charge in [-0.25, -0.2) is 0 Å². The standard InChI is InChI=1S/C17H24O3S/c1-2-14-21(18,19)20-13-7-11-16-10-5-6-12-17(16)15-8-3-4-9-15/h2,5-6,10,12,15H,1,3-4,7-9,11,13-14H2. The molecule has 1 aliphatic carbocycles. The molecule has 1 aliphatic rings. The molecule has 0 amide bonds. The Morgan fingerprint density at radius 1 is 1.24 bits per heavy atom. The molecule has 1 fully saturated rings. The van der Waals surface area contributed by atoms with E-state index in [4.69, 9.17) is 4.18 Å². The van der Waals surface area contributed by atoms with Crippen LogP contribution in [0.25, 0.3) is 0 Å². The Balaban J connectivity index is 1.87. The molecule has 116 valence electrons. The lowest BCUT2D eigenvalue weighted by molar-refractivity contribution is 0.314. The fraction of sp³-hybridized carbons (Fsp3) is 0.529. The SMILES string of the molecule is C=CCS(=O)(=O)OCCCc1ccccc1C1CCCC1. The van der Waals surface area contributed by atoms with Gasteiger partial charge in [0.1, 0.15) is 0 Å². The second-order valence-corrected chi connectivity index (χ2v) is 7.30. The van der Waals surface area contributed by atoms with E-state index in [0.717, 1.165) is 12.8 Å². The molecule has 0 spiro atoms. The normalized spacial score (nSPS) is 16.2. The Kier molecular flexibility index (Phi) is 6.00. The van der Waals surface area contributed by atoms with Crippen LogP contribution in [0.1, 0.15) is 49.1 Å². The number of rotatable bonds is 8. The summed E-state index contributed by atoms with van der Waals surface area (Å²) in [5, 5.41) is 0. The maximum atomic E-state index is 11.4.